The molecule has 0 spiro atoms. The number of ether oxygens (including phenoxy) is 1. The minimum atomic E-state index is -0.347. The molecule has 0 saturated carbocycles. The molecular formula is C21H20N4O2. The molecule has 1 aromatic heterocycles. The summed E-state index contributed by atoms with van der Waals surface area (Å²) in [5.41, 5.74) is 2.20. The van der Waals surface area contributed by atoms with E-state index in [9.17, 15) is 4.79 Å². The second kappa shape index (κ2) is 7.37. The van der Waals surface area contributed by atoms with Gasteiger partial charge in [-0.05, 0) is 42.3 Å². The number of nitrogens with one attached hydrogen (secondary N) is 1. The first-order valence-corrected chi connectivity index (χ1v) is 8.75. The van der Waals surface area contributed by atoms with E-state index in [1.165, 1.54) is 6.08 Å². The van der Waals surface area contributed by atoms with Crippen LogP contribution >= 0.6 is 0 Å². The van der Waals surface area contributed by atoms with Crippen molar-refractivity contribution in [3.05, 3.63) is 90.4 Å². The van der Waals surface area contributed by atoms with Crippen molar-refractivity contribution in [2.45, 2.75) is 19.8 Å². The normalized spacial score (nSPS) is 16.3. The van der Waals surface area contributed by atoms with Gasteiger partial charge in [0.2, 0.25) is 12.2 Å². The van der Waals surface area contributed by atoms with Crippen molar-refractivity contribution in [3.8, 4) is 11.5 Å². The summed E-state index contributed by atoms with van der Waals surface area (Å²) in [6.45, 7) is 2.65. The number of para-hydroxylation sites is 1. The van der Waals surface area contributed by atoms with Gasteiger partial charge in [0, 0.05) is 31.2 Å². The van der Waals surface area contributed by atoms with E-state index < -0.39 is 0 Å². The molecule has 3 aromatic rings. The molecule has 1 unspecified atom stereocenters. The molecule has 0 saturated heterocycles. The second-order valence-corrected chi connectivity index (χ2v) is 6.37. The smallest absolute Gasteiger partial charge is 0.248 e. The number of benzene rings is 2. The summed E-state index contributed by atoms with van der Waals surface area (Å²) in [7, 11) is 0. The van der Waals surface area contributed by atoms with Crippen molar-refractivity contribution in [1.82, 2.24) is 20.0 Å². The Hall–Kier alpha value is -3.54. The third-order valence-electron chi connectivity index (χ3n) is 4.39. The lowest BCUT2D eigenvalue weighted by atomic mass is 10.2. The molecule has 0 radical (unpaired) electrons. The highest BCUT2D eigenvalue weighted by Crippen LogP contribution is 2.25. The van der Waals surface area contributed by atoms with Crippen LogP contribution in [0.3, 0.4) is 0 Å². The number of aromatic nitrogens is 2. The number of hydrogen-bond acceptors (Lipinski definition) is 4. The minimum Gasteiger partial charge on any atom is -0.457 e. The number of nitrogens with zero attached hydrogens (tertiary/aromatic N) is 3. The predicted molar refractivity (Wildman–Crippen MR) is 102 cm³/mol. The minimum absolute atomic E-state index is 0.131. The van der Waals surface area contributed by atoms with E-state index in [4.69, 9.17) is 4.74 Å². The van der Waals surface area contributed by atoms with Crippen molar-refractivity contribution in [2.24, 2.45) is 0 Å². The van der Waals surface area contributed by atoms with E-state index >= 15 is 0 Å². The number of aryl methyl sites for hydroxylation is 1. The fourth-order valence-electron chi connectivity index (χ4n) is 2.96. The van der Waals surface area contributed by atoms with Crippen molar-refractivity contribution in [1.29, 1.82) is 0 Å². The van der Waals surface area contributed by atoms with Crippen LogP contribution in [0.25, 0.3) is 0 Å². The van der Waals surface area contributed by atoms with E-state index in [1.54, 1.807) is 17.1 Å². The van der Waals surface area contributed by atoms with E-state index in [-0.39, 0.29) is 12.2 Å². The first kappa shape index (κ1) is 16.9. The van der Waals surface area contributed by atoms with Gasteiger partial charge in [-0.25, -0.2) is 4.68 Å². The van der Waals surface area contributed by atoms with Crippen molar-refractivity contribution in [2.75, 3.05) is 0 Å². The van der Waals surface area contributed by atoms with Gasteiger partial charge in [-0.2, -0.15) is 5.10 Å². The van der Waals surface area contributed by atoms with E-state index in [2.05, 4.69) is 10.4 Å². The highest BCUT2D eigenvalue weighted by atomic mass is 16.5. The van der Waals surface area contributed by atoms with Gasteiger partial charge in [0.25, 0.3) is 0 Å². The van der Waals surface area contributed by atoms with Crippen LogP contribution in [-0.4, -0.2) is 20.6 Å². The number of carbonyl (C=O) groups is 1. The van der Waals surface area contributed by atoms with Crippen molar-refractivity contribution < 1.29 is 9.53 Å². The van der Waals surface area contributed by atoms with Gasteiger partial charge in [-0.15, -0.1) is 0 Å². The zero-order valence-corrected chi connectivity index (χ0v) is 14.9. The fourth-order valence-corrected chi connectivity index (χ4v) is 2.96. The molecule has 1 aliphatic heterocycles. The molecule has 2 aromatic carbocycles. The number of carbonyl (C=O) groups excluding carboxylic acids is 1. The first-order valence-electron chi connectivity index (χ1n) is 8.75. The zero-order valence-electron chi connectivity index (χ0n) is 14.9. The highest BCUT2D eigenvalue weighted by Gasteiger charge is 2.23. The molecule has 27 heavy (non-hydrogen) atoms. The van der Waals surface area contributed by atoms with Crippen LogP contribution in [0, 0.1) is 6.92 Å². The summed E-state index contributed by atoms with van der Waals surface area (Å²) in [4.78, 5) is 13.7. The molecule has 2 heterocycles. The van der Waals surface area contributed by atoms with Crippen molar-refractivity contribution >= 4 is 5.91 Å². The van der Waals surface area contributed by atoms with Crippen LogP contribution in [-0.2, 0) is 11.3 Å². The van der Waals surface area contributed by atoms with Gasteiger partial charge in [-0.3, -0.25) is 4.79 Å². The summed E-state index contributed by atoms with van der Waals surface area (Å²) in [6.07, 6.45) is 6.50. The standard InChI is InChI=1S/C21H20N4O2/c1-16-5-2-3-6-19(16)27-18-9-7-17(8-10-18)15-24-14-11-20(26)23-21(24)25-13-4-12-22-25/h2-14,21H,15H2,1H3,(H,23,26). The largest absolute Gasteiger partial charge is 0.457 e. The number of hydrogen-bond donors (Lipinski definition) is 1. The van der Waals surface area contributed by atoms with Gasteiger partial charge in [0.05, 0.1) is 0 Å². The Labute approximate surface area is 157 Å². The van der Waals surface area contributed by atoms with Crippen LogP contribution in [0.15, 0.2) is 79.3 Å². The average Bonchev–Trinajstić information content (AvgIpc) is 3.21. The highest BCUT2D eigenvalue weighted by molar-refractivity contribution is 5.88. The van der Waals surface area contributed by atoms with Crippen LogP contribution in [0.5, 0.6) is 11.5 Å². The number of amides is 1. The van der Waals surface area contributed by atoms with Crippen LogP contribution in [0.2, 0.25) is 0 Å². The SMILES string of the molecule is Cc1ccccc1Oc1ccc(CN2C=CC(=O)NC2n2cccn2)cc1. The molecule has 1 atom stereocenters. The molecule has 1 N–H and O–H groups in total. The molecule has 6 nitrogen and oxygen atoms in total. The summed E-state index contributed by atoms with van der Waals surface area (Å²) in [5.74, 6) is 1.51. The first-order chi connectivity index (χ1) is 13.2. The maximum atomic E-state index is 11.7. The second-order valence-electron chi connectivity index (χ2n) is 6.37. The Bertz CT molecular complexity index is 949. The maximum Gasteiger partial charge on any atom is 0.248 e. The van der Waals surface area contributed by atoms with Crippen LogP contribution in [0.1, 0.15) is 17.4 Å². The van der Waals surface area contributed by atoms with Gasteiger partial charge in [-0.1, -0.05) is 30.3 Å². The molecule has 0 aliphatic carbocycles. The lowest BCUT2D eigenvalue weighted by Crippen LogP contribution is -2.44. The Morgan fingerprint density at radius 1 is 1.11 bits per heavy atom. The van der Waals surface area contributed by atoms with Gasteiger partial charge in [0.15, 0.2) is 0 Å². The molecule has 0 fully saturated rings. The fraction of sp³-hybridized carbons (Fsp3) is 0.143. The summed E-state index contributed by atoms with van der Waals surface area (Å²) in [6, 6.07) is 17.7. The molecule has 4 rings (SSSR count). The Kier molecular flexibility index (Phi) is 4.61. The average molecular weight is 360 g/mol. The van der Waals surface area contributed by atoms with Crippen molar-refractivity contribution in [3.63, 3.8) is 0 Å². The lowest BCUT2D eigenvalue weighted by Gasteiger charge is -2.33. The summed E-state index contributed by atoms with van der Waals surface area (Å²) < 4.78 is 7.67. The summed E-state index contributed by atoms with van der Waals surface area (Å²) >= 11 is 0. The molecule has 1 aliphatic rings. The molecular weight excluding hydrogens is 340 g/mol. The van der Waals surface area contributed by atoms with E-state index in [0.29, 0.717) is 6.54 Å². The van der Waals surface area contributed by atoms with E-state index in [1.807, 2.05) is 72.6 Å². The molecule has 136 valence electrons. The third-order valence-corrected chi connectivity index (χ3v) is 4.39. The zero-order chi connectivity index (χ0) is 18.6. The van der Waals surface area contributed by atoms with Gasteiger partial charge >= 0.3 is 0 Å². The monoisotopic (exact) mass is 360 g/mol. The predicted octanol–water partition coefficient (Wildman–Crippen LogP) is 3.59. The quantitative estimate of drug-likeness (QED) is 0.755. The maximum absolute atomic E-state index is 11.7. The van der Waals surface area contributed by atoms with Gasteiger partial charge in [0.1, 0.15) is 11.5 Å². The third kappa shape index (κ3) is 3.84. The Balaban J connectivity index is 1.48. The Morgan fingerprint density at radius 2 is 1.93 bits per heavy atom. The van der Waals surface area contributed by atoms with Crippen LogP contribution < -0.4 is 10.1 Å². The molecule has 6 heteroatoms. The topological polar surface area (TPSA) is 59.4 Å². The molecule has 1 amide bonds. The summed E-state index contributed by atoms with van der Waals surface area (Å²) in [5, 5.41) is 7.16. The number of rotatable bonds is 5. The molecule has 0 bridgehead atoms. The lowest BCUT2D eigenvalue weighted by molar-refractivity contribution is -0.120. The van der Waals surface area contributed by atoms with E-state index in [0.717, 1.165) is 22.6 Å². The van der Waals surface area contributed by atoms with Crippen LogP contribution in [0.4, 0.5) is 0 Å². The van der Waals surface area contributed by atoms with Gasteiger partial charge < -0.3 is 15.0 Å². The Morgan fingerprint density at radius 3 is 2.67 bits per heavy atom.